The number of hydrogen-bond acceptors (Lipinski definition) is 4. The Hall–Kier alpha value is -1.66. The average Bonchev–Trinajstić information content (AvgIpc) is 2.12. The molecule has 0 aromatic heterocycles. The second-order valence-corrected chi connectivity index (χ2v) is 4.28. The molecule has 0 aromatic carbocycles. The lowest BCUT2D eigenvalue weighted by atomic mass is 10.1. The number of aliphatic carboxylic acids is 2. The zero-order valence-electron chi connectivity index (χ0n) is 12.8. The third kappa shape index (κ3) is 55.3. The molecule has 0 aliphatic heterocycles. The smallest absolute Gasteiger partial charge is 0.300 e. The number of hydrogen-bond donors (Lipinski definition) is 4. The molecule has 0 aliphatic rings. The molecule has 0 radical (unpaired) electrons. The highest BCUT2D eigenvalue weighted by molar-refractivity contribution is 5.63. The van der Waals surface area contributed by atoms with Crippen LogP contribution in [0, 0.1) is 0 Å². The van der Waals surface area contributed by atoms with Crippen LogP contribution >= 0.6 is 0 Å². The molecule has 0 unspecified atom stereocenters. The molecule has 6 nitrogen and oxygen atoms in total. The summed E-state index contributed by atoms with van der Waals surface area (Å²) in [6, 6.07) is 0. The first kappa shape index (κ1) is 23.4. The SMILES string of the molecule is CC(=O)O.CC(=O)O.CC(C)=CCCC(C)=CC(O)O. The minimum Gasteiger partial charge on any atom is -0.481 e. The number of allylic oxidation sites excluding steroid dienone is 3. The molecule has 0 atom stereocenters. The number of carboxylic acids is 2. The predicted molar refractivity (Wildman–Crippen MR) is 77.3 cm³/mol. The maximum Gasteiger partial charge on any atom is 0.300 e. The van der Waals surface area contributed by atoms with E-state index in [1.165, 1.54) is 11.6 Å². The van der Waals surface area contributed by atoms with Gasteiger partial charge in [-0.3, -0.25) is 9.59 Å². The summed E-state index contributed by atoms with van der Waals surface area (Å²) in [7, 11) is 0. The minimum absolute atomic E-state index is 0.833. The van der Waals surface area contributed by atoms with Gasteiger partial charge in [0.05, 0.1) is 0 Å². The summed E-state index contributed by atoms with van der Waals surface area (Å²) in [5.74, 6) is -1.67. The number of rotatable bonds is 4. The summed E-state index contributed by atoms with van der Waals surface area (Å²) >= 11 is 0. The maximum absolute atomic E-state index is 9.00. The lowest BCUT2D eigenvalue weighted by Gasteiger charge is -2.00. The van der Waals surface area contributed by atoms with Crippen LogP contribution in [0.3, 0.4) is 0 Å². The van der Waals surface area contributed by atoms with Crippen LogP contribution in [-0.4, -0.2) is 38.7 Å². The molecule has 0 saturated heterocycles. The molecule has 0 spiro atoms. The Balaban J connectivity index is -0.000000297. The first-order valence-corrected chi connectivity index (χ1v) is 6.04. The molecule has 0 heterocycles. The second-order valence-electron chi connectivity index (χ2n) is 4.28. The van der Waals surface area contributed by atoms with Crippen LogP contribution in [0.5, 0.6) is 0 Å². The molecule has 118 valence electrons. The van der Waals surface area contributed by atoms with E-state index in [0.717, 1.165) is 32.3 Å². The van der Waals surface area contributed by atoms with Gasteiger partial charge < -0.3 is 20.4 Å². The quantitative estimate of drug-likeness (QED) is 0.466. The zero-order valence-corrected chi connectivity index (χ0v) is 12.8. The van der Waals surface area contributed by atoms with E-state index < -0.39 is 18.2 Å². The van der Waals surface area contributed by atoms with Gasteiger partial charge in [-0.15, -0.1) is 0 Å². The van der Waals surface area contributed by atoms with Crippen LogP contribution in [-0.2, 0) is 9.59 Å². The molecular formula is C14H26O6. The first-order chi connectivity index (χ1) is 8.98. The third-order valence-corrected chi connectivity index (χ3v) is 1.52. The van der Waals surface area contributed by atoms with E-state index in [4.69, 9.17) is 30.0 Å². The second kappa shape index (κ2) is 15.4. The predicted octanol–water partition coefficient (Wildman–Crippen LogP) is 2.17. The summed E-state index contributed by atoms with van der Waals surface area (Å²) in [5.41, 5.74) is 2.31. The van der Waals surface area contributed by atoms with Crippen molar-refractivity contribution in [1.29, 1.82) is 0 Å². The van der Waals surface area contributed by atoms with E-state index in [0.29, 0.717) is 0 Å². The van der Waals surface area contributed by atoms with E-state index in [9.17, 15) is 0 Å². The number of aliphatic hydroxyl groups is 2. The van der Waals surface area contributed by atoms with E-state index in [1.54, 1.807) is 0 Å². The fraction of sp³-hybridized carbons (Fsp3) is 0.571. The fourth-order valence-corrected chi connectivity index (χ4v) is 0.926. The van der Waals surface area contributed by atoms with Gasteiger partial charge in [-0.25, -0.2) is 0 Å². The largest absolute Gasteiger partial charge is 0.481 e. The van der Waals surface area contributed by atoms with Crippen LogP contribution in [0.15, 0.2) is 23.3 Å². The molecule has 0 bridgehead atoms. The average molecular weight is 290 g/mol. The molecule has 0 amide bonds. The van der Waals surface area contributed by atoms with Gasteiger partial charge in [-0.2, -0.15) is 0 Å². The topological polar surface area (TPSA) is 115 Å². The van der Waals surface area contributed by atoms with Crippen molar-refractivity contribution in [2.24, 2.45) is 0 Å². The van der Waals surface area contributed by atoms with E-state index in [-0.39, 0.29) is 0 Å². The highest BCUT2D eigenvalue weighted by Crippen LogP contribution is 2.06. The zero-order chi connectivity index (χ0) is 16.7. The molecular weight excluding hydrogens is 264 g/mol. The molecule has 0 aromatic rings. The van der Waals surface area contributed by atoms with Gasteiger partial charge in [-0.05, 0) is 39.7 Å². The molecule has 20 heavy (non-hydrogen) atoms. The van der Waals surface area contributed by atoms with Gasteiger partial charge in [0.15, 0.2) is 6.29 Å². The lowest BCUT2D eigenvalue weighted by molar-refractivity contribution is -0.135. The summed E-state index contributed by atoms with van der Waals surface area (Å²) < 4.78 is 0. The van der Waals surface area contributed by atoms with Crippen molar-refractivity contribution in [3.05, 3.63) is 23.3 Å². The van der Waals surface area contributed by atoms with Crippen molar-refractivity contribution in [2.75, 3.05) is 0 Å². The molecule has 6 heteroatoms. The monoisotopic (exact) mass is 290 g/mol. The van der Waals surface area contributed by atoms with Crippen molar-refractivity contribution >= 4 is 11.9 Å². The summed E-state index contributed by atoms with van der Waals surface area (Å²) in [5, 5.41) is 32.0. The highest BCUT2D eigenvalue weighted by Gasteiger charge is 1.93. The number of carbonyl (C=O) groups is 2. The van der Waals surface area contributed by atoms with Crippen molar-refractivity contribution in [3.8, 4) is 0 Å². The Labute approximate surface area is 120 Å². The Bertz CT molecular complexity index is 305. The summed E-state index contributed by atoms with van der Waals surface area (Å²) in [6.45, 7) is 8.18. The van der Waals surface area contributed by atoms with Gasteiger partial charge in [0, 0.05) is 13.8 Å². The Morgan fingerprint density at radius 2 is 1.30 bits per heavy atom. The molecule has 0 saturated carbocycles. The van der Waals surface area contributed by atoms with Gasteiger partial charge in [-0.1, -0.05) is 17.2 Å². The van der Waals surface area contributed by atoms with Crippen molar-refractivity contribution in [1.82, 2.24) is 0 Å². The normalized spacial score (nSPS) is 9.70. The van der Waals surface area contributed by atoms with Gasteiger partial charge in [0.1, 0.15) is 0 Å². The van der Waals surface area contributed by atoms with Crippen LogP contribution in [0.1, 0.15) is 47.5 Å². The van der Waals surface area contributed by atoms with Gasteiger partial charge >= 0.3 is 0 Å². The number of carboxylic acid groups (broad SMARTS) is 2. The highest BCUT2D eigenvalue weighted by atomic mass is 16.5. The first-order valence-electron chi connectivity index (χ1n) is 6.04. The minimum atomic E-state index is -1.31. The Morgan fingerprint density at radius 1 is 0.950 bits per heavy atom. The Kier molecular flexibility index (Phi) is 18.0. The number of aliphatic hydroxyl groups excluding tert-OH is 1. The van der Waals surface area contributed by atoms with E-state index >= 15 is 0 Å². The van der Waals surface area contributed by atoms with Crippen LogP contribution < -0.4 is 0 Å². The van der Waals surface area contributed by atoms with Crippen molar-refractivity contribution in [2.45, 2.75) is 53.8 Å². The van der Waals surface area contributed by atoms with Crippen molar-refractivity contribution < 1.29 is 30.0 Å². The Morgan fingerprint density at radius 3 is 1.55 bits per heavy atom. The molecule has 0 rings (SSSR count). The van der Waals surface area contributed by atoms with Crippen LogP contribution in [0.25, 0.3) is 0 Å². The maximum atomic E-state index is 9.00. The standard InChI is InChI=1S/C10H18O2.2C2H4O2/c1-8(2)5-4-6-9(3)7-10(11)12;2*1-2(3)4/h5,7,10-12H,4,6H2,1-3H3;2*1H3,(H,3,4). The van der Waals surface area contributed by atoms with E-state index in [2.05, 4.69) is 19.9 Å². The van der Waals surface area contributed by atoms with Gasteiger partial charge in [0.25, 0.3) is 11.9 Å². The lowest BCUT2D eigenvalue weighted by Crippen LogP contribution is -1.99. The fourth-order valence-electron chi connectivity index (χ4n) is 0.926. The van der Waals surface area contributed by atoms with Crippen LogP contribution in [0.2, 0.25) is 0 Å². The van der Waals surface area contributed by atoms with Crippen LogP contribution in [0.4, 0.5) is 0 Å². The third-order valence-electron chi connectivity index (χ3n) is 1.52. The summed E-state index contributed by atoms with van der Waals surface area (Å²) in [4.78, 5) is 18.0. The molecule has 0 fully saturated rings. The van der Waals surface area contributed by atoms with E-state index in [1.807, 2.05) is 6.92 Å². The van der Waals surface area contributed by atoms with Gasteiger partial charge in [0.2, 0.25) is 0 Å². The van der Waals surface area contributed by atoms with Crippen molar-refractivity contribution in [3.63, 3.8) is 0 Å². The molecule has 0 aliphatic carbocycles. The molecule has 4 N–H and O–H groups in total. The summed E-state index contributed by atoms with van der Waals surface area (Å²) in [6.07, 6.45) is 4.15.